The molecule has 2 atom stereocenters. The second-order valence-corrected chi connectivity index (χ2v) is 10.2. The number of hydrogen-bond acceptors (Lipinski definition) is 3. The monoisotopic (exact) mass is 398 g/mol. The van der Waals surface area contributed by atoms with Crippen LogP contribution in [0.15, 0.2) is 36.1 Å². The Hall–Kier alpha value is -1.74. The van der Waals surface area contributed by atoms with Crippen molar-refractivity contribution < 1.29 is 14.9 Å². The minimum Gasteiger partial charge on any atom is -0.507 e. The van der Waals surface area contributed by atoms with E-state index < -0.39 is 0 Å². The van der Waals surface area contributed by atoms with Crippen molar-refractivity contribution >= 4 is 0 Å². The van der Waals surface area contributed by atoms with E-state index in [0.717, 1.165) is 41.1 Å². The van der Waals surface area contributed by atoms with Crippen molar-refractivity contribution in [3.63, 3.8) is 0 Å². The van der Waals surface area contributed by atoms with Gasteiger partial charge >= 0.3 is 0 Å². The number of aromatic hydroxyl groups is 1. The van der Waals surface area contributed by atoms with Gasteiger partial charge in [0.15, 0.2) is 0 Å². The maximum absolute atomic E-state index is 11.2. The predicted molar refractivity (Wildman–Crippen MR) is 120 cm³/mol. The van der Waals surface area contributed by atoms with Crippen LogP contribution in [0.25, 0.3) is 0 Å². The first-order valence-electron chi connectivity index (χ1n) is 11.1. The highest BCUT2D eigenvalue weighted by Gasteiger charge is 2.55. The Morgan fingerprint density at radius 2 is 1.86 bits per heavy atom. The molecular formula is C26H38O3. The largest absolute Gasteiger partial charge is 0.507 e. The van der Waals surface area contributed by atoms with E-state index in [4.69, 9.17) is 4.74 Å². The zero-order valence-corrected chi connectivity index (χ0v) is 18.9. The number of aliphatic hydroxyl groups excluding tert-OH is 1. The molecular weight excluding hydrogens is 360 g/mol. The molecule has 3 nitrogen and oxygen atoms in total. The highest BCUT2D eigenvalue weighted by Crippen LogP contribution is 2.62. The third kappa shape index (κ3) is 3.63. The van der Waals surface area contributed by atoms with E-state index in [1.807, 2.05) is 6.07 Å². The summed E-state index contributed by atoms with van der Waals surface area (Å²) in [6.07, 6.45) is 9.57. The Balaban J connectivity index is 2.01. The first kappa shape index (κ1) is 22.0. The van der Waals surface area contributed by atoms with Gasteiger partial charge in [0.25, 0.3) is 0 Å². The number of phenolic OH excluding ortho intramolecular Hbond substituents is 1. The van der Waals surface area contributed by atoms with Crippen molar-refractivity contribution in [2.24, 2.45) is 5.41 Å². The van der Waals surface area contributed by atoms with Gasteiger partial charge in [-0.25, -0.2) is 0 Å². The zero-order valence-electron chi connectivity index (χ0n) is 18.9. The molecule has 0 amide bonds. The normalized spacial score (nSPS) is 26.4. The van der Waals surface area contributed by atoms with Crippen LogP contribution in [0.4, 0.5) is 0 Å². The summed E-state index contributed by atoms with van der Waals surface area (Å²) in [7, 11) is 0. The molecule has 1 aliphatic heterocycles. The summed E-state index contributed by atoms with van der Waals surface area (Å²) in [5.41, 5.74) is 2.28. The summed E-state index contributed by atoms with van der Waals surface area (Å²) in [5.74, 6) is 1.78. The molecule has 1 aromatic rings. The highest BCUT2D eigenvalue weighted by atomic mass is 16.5. The number of benzene rings is 1. The summed E-state index contributed by atoms with van der Waals surface area (Å²) in [6.45, 7) is 15.4. The molecule has 0 bridgehead atoms. The Kier molecular flexibility index (Phi) is 5.93. The molecule has 0 aromatic heterocycles. The second kappa shape index (κ2) is 7.83. The lowest BCUT2D eigenvalue weighted by Crippen LogP contribution is -2.49. The highest BCUT2D eigenvalue weighted by molar-refractivity contribution is 5.58. The van der Waals surface area contributed by atoms with Crippen LogP contribution in [0.1, 0.15) is 90.7 Å². The van der Waals surface area contributed by atoms with E-state index in [1.54, 1.807) is 0 Å². The fraction of sp³-hybridized carbons (Fsp3) is 0.615. The number of phenols is 1. The topological polar surface area (TPSA) is 49.7 Å². The quantitative estimate of drug-likeness (QED) is 0.406. The maximum atomic E-state index is 11.2. The predicted octanol–water partition coefficient (Wildman–Crippen LogP) is 6.52. The van der Waals surface area contributed by atoms with Gasteiger partial charge in [0, 0.05) is 16.4 Å². The van der Waals surface area contributed by atoms with Gasteiger partial charge in [-0.3, -0.25) is 0 Å². The van der Waals surface area contributed by atoms with Gasteiger partial charge in [-0.1, -0.05) is 73.0 Å². The molecule has 0 unspecified atom stereocenters. The SMILES string of the molecule is C=C1Oc2cc(C(C)(C)CCCCCC)cc(O)c2[C@]2(C)CC(CO)=CC[C@@]12C. The summed E-state index contributed by atoms with van der Waals surface area (Å²) in [5, 5.41) is 20.9. The van der Waals surface area contributed by atoms with Gasteiger partial charge in [0.05, 0.1) is 6.61 Å². The van der Waals surface area contributed by atoms with Crippen LogP contribution in [-0.2, 0) is 10.8 Å². The van der Waals surface area contributed by atoms with Crippen LogP contribution in [0.2, 0.25) is 0 Å². The molecule has 29 heavy (non-hydrogen) atoms. The Bertz CT molecular complexity index is 819. The van der Waals surface area contributed by atoms with Crippen LogP contribution < -0.4 is 4.74 Å². The van der Waals surface area contributed by atoms with Crippen LogP contribution in [0, 0.1) is 5.41 Å². The minimum atomic E-state index is -0.363. The van der Waals surface area contributed by atoms with Crippen molar-refractivity contribution in [2.45, 2.75) is 90.4 Å². The standard InChI is InChI=1S/C26H38O3/c1-7-8-9-10-12-24(3,4)20-14-21(28)23-22(15-20)29-18(2)25(5)13-11-19(17-27)16-26(23,25)6/h11,14-15,27-28H,2,7-10,12-13,16-17H2,1,3-6H3/t25-,26-/m0/s1. The van der Waals surface area contributed by atoms with E-state index in [0.29, 0.717) is 12.2 Å². The molecule has 0 saturated carbocycles. The van der Waals surface area contributed by atoms with Crippen LogP contribution in [0.3, 0.4) is 0 Å². The summed E-state index contributed by atoms with van der Waals surface area (Å²) in [4.78, 5) is 0. The van der Waals surface area contributed by atoms with Crippen LogP contribution in [0.5, 0.6) is 11.5 Å². The van der Waals surface area contributed by atoms with Crippen molar-refractivity contribution in [3.05, 3.63) is 47.2 Å². The third-order valence-electron chi connectivity index (χ3n) is 7.72. The zero-order chi connectivity index (χ0) is 21.4. The average Bonchev–Trinajstić information content (AvgIpc) is 2.66. The molecule has 2 N–H and O–H groups in total. The fourth-order valence-electron chi connectivity index (χ4n) is 5.21. The minimum absolute atomic E-state index is 0.0324. The molecule has 1 aromatic carbocycles. The number of fused-ring (bicyclic) bond motifs is 3. The van der Waals surface area contributed by atoms with Crippen molar-refractivity contribution in [1.82, 2.24) is 0 Å². The molecule has 0 fully saturated rings. The first-order chi connectivity index (χ1) is 13.6. The summed E-state index contributed by atoms with van der Waals surface area (Å²) in [6, 6.07) is 4.06. The number of allylic oxidation sites excluding steroid dienone is 2. The number of unbranched alkanes of at least 4 members (excludes halogenated alkanes) is 3. The van der Waals surface area contributed by atoms with Gasteiger partial charge in [0.2, 0.25) is 0 Å². The van der Waals surface area contributed by atoms with Crippen molar-refractivity contribution in [1.29, 1.82) is 0 Å². The van der Waals surface area contributed by atoms with E-state index in [2.05, 4.69) is 53.3 Å². The lowest BCUT2D eigenvalue weighted by molar-refractivity contribution is 0.0958. The molecule has 3 heteroatoms. The maximum Gasteiger partial charge on any atom is 0.134 e. The summed E-state index contributed by atoms with van der Waals surface area (Å²) >= 11 is 0. The third-order valence-corrected chi connectivity index (χ3v) is 7.72. The molecule has 0 radical (unpaired) electrons. The van der Waals surface area contributed by atoms with E-state index in [-0.39, 0.29) is 22.9 Å². The van der Waals surface area contributed by atoms with Gasteiger partial charge in [0.1, 0.15) is 17.3 Å². The lowest BCUT2D eigenvalue weighted by Gasteiger charge is -2.53. The van der Waals surface area contributed by atoms with Gasteiger partial charge in [-0.15, -0.1) is 0 Å². The first-order valence-corrected chi connectivity index (χ1v) is 11.1. The van der Waals surface area contributed by atoms with E-state index >= 15 is 0 Å². The molecule has 3 rings (SSSR count). The van der Waals surface area contributed by atoms with Crippen LogP contribution >= 0.6 is 0 Å². The number of hydrogen-bond donors (Lipinski definition) is 2. The fourth-order valence-corrected chi connectivity index (χ4v) is 5.21. The van der Waals surface area contributed by atoms with Gasteiger partial charge in [-0.2, -0.15) is 0 Å². The summed E-state index contributed by atoms with van der Waals surface area (Å²) < 4.78 is 6.25. The molecule has 0 spiro atoms. The average molecular weight is 399 g/mol. The van der Waals surface area contributed by atoms with Crippen molar-refractivity contribution in [3.8, 4) is 11.5 Å². The smallest absolute Gasteiger partial charge is 0.134 e. The second-order valence-electron chi connectivity index (χ2n) is 10.2. The van der Waals surface area contributed by atoms with E-state index in [1.165, 1.54) is 25.7 Å². The van der Waals surface area contributed by atoms with Crippen LogP contribution in [-0.4, -0.2) is 16.8 Å². The molecule has 160 valence electrons. The molecule has 2 aliphatic rings. The lowest BCUT2D eigenvalue weighted by atomic mass is 9.53. The van der Waals surface area contributed by atoms with Gasteiger partial charge in [-0.05, 0) is 47.9 Å². The number of rotatable bonds is 7. The molecule has 0 saturated heterocycles. The van der Waals surface area contributed by atoms with E-state index in [9.17, 15) is 10.2 Å². The Morgan fingerprint density at radius 1 is 1.14 bits per heavy atom. The van der Waals surface area contributed by atoms with Gasteiger partial charge < -0.3 is 14.9 Å². The Labute approximate surface area is 176 Å². The molecule has 1 aliphatic carbocycles. The molecule has 1 heterocycles. The van der Waals surface area contributed by atoms with Crippen molar-refractivity contribution in [2.75, 3.05) is 6.61 Å². The number of aliphatic hydroxyl groups is 1. The Morgan fingerprint density at radius 3 is 2.52 bits per heavy atom. The number of ether oxygens (including phenoxy) is 1.